The largest absolute Gasteiger partial charge is 0.461 e. The molecule has 0 aliphatic carbocycles. The number of hydrogen-bond donors (Lipinski definition) is 4. The number of amides is 2. The lowest BCUT2D eigenvalue weighted by Gasteiger charge is -2.16. The van der Waals surface area contributed by atoms with Gasteiger partial charge in [0.25, 0.3) is 5.91 Å². The van der Waals surface area contributed by atoms with E-state index >= 15 is 0 Å². The summed E-state index contributed by atoms with van der Waals surface area (Å²) in [5.41, 5.74) is 8.07. The van der Waals surface area contributed by atoms with Crippen LogP contribution in [0.5, 0.6) is 0 Å². The van der Waals surface area contributed by atoms with Crippen molar-refractivity contribution in [3.8, 4) is 0 Å². The predicted molar refractivity (Wildman–Crippen MR) is 144 cm³/mol. The molecule has 0 atom stereocenters. The van der Waals surface area contributed by atoms with Gasteiger partial charge in [0.2, 0.25) is 5.91 Å². The molecule has 9 heteroatoms. The number of ether oxygens (including phenoxy) is 1. The molecule has 1 aromatic heterocycles. The Balaban J connectivity index is 0.000000346. The highest BCUT2D eigenvalue weighted by atomic mass is 32.1. The Morgan fingerprint density at radius 1 is 1.06 bits per heavy atom. The van der Waals surface area contributed by atoms with E-state index in [1.807, 2.05) is 42.6 Å². The summed E-state index contributed by atoms with van der Waals surface area (Å²) in [6.07, 6.45) is 6.47. The van der Waals surface area contributed by atoms with E-state index in [0.717, 1.165) is 37.1 Å². The topological polar surface area (TPSA) is 115 Å². The zero-order valence-corrected chi connectivity index (χ0v) is 22.4. The van der Waals surface area contributed by atoms with E-state index < -0.39 is 0 Å². The molecule has 198 valence electrons. The molecule has 1 aliphatic rings. The Hall–Kier alpha value is -2.75. The predicted octanol–water partition coefficient (Wildman–Crippen LogP) is 2.67. The molecule has 1 fully saturated rings. The highest BCUT2D eigenvalue weighted by molar-refractivity contribution is 7.12. The molecule has 0 unspecified atom stereocenters. The summed E-state index contributed by atoms with van der Waals surface area (Å²) >= 11 is 1.32. The normalized spacial score (nSPS) is 13.6. The average molecular weight is 518 g/mol. The maximum Gasteiger partial charge on any atom is 0.350 e. The SMILES string of the molecule is CC(=O)NCc1ccccc1.Cc1csc(C(=O)OCCCCN)c1NC(=O)C[NH+]1CCCCCC1. The molecule has 1 aromatic carbocycles. The van der Waals surface area contributed by atoms with Crippen LogP contribution in [0.4, 0.5) is 5.69 Å². The minimum Gasteiger partial charge on any atom is -0.461 e. The standard InChI is InChI=1S/C18H29N3O3S.C9H11NO/c1-14-13-25-17(18(23)24-11-7-4-8-19)16(14)20-15(22)12-21-9-5-2-3-6-10-21;1-8(11)10-7-9-5-3-2-4-6-9/h13H,2-12,19H2,1H3,(H,20,22);2-6H,7H2,1H3,(H,10,11)/p+1. The fraction of sp³-hybridized carbons (Fsp3) is 0.519. The second-order valence-corrected chi connectivity index (χ2v) is 9.92. The molecule has 2 amide bonds. The fourth-order valence-corrected chi connectivity index (χ4v) is 4.76. The number of unbranched alkanes of at least 4 members (excludes halogenated alkanes) is 1. The van der Waals surface area contributed by atoms with Gasteiger partial charge in [0, 0.05) is 13.5 Å². The molecule has 36 heavy (non-hydrogen) atoms. The zero-order chi connectivity index (χ0) is 26.2. The monoisotopic (exact) mass is 517 g/mol. The molecule has 2 aromatic rings. The quantitative estimate of drug-likeness (QED) is 0.286. The van der Waals surface area contributed by atoms with E-state index in [2.05, 4.69) is 10.6 Å². The van der Waals surface area contributed by atoms with Crippen LogP contribution in [0, 0.1) is 6.92 Å². The number of nitrogens with two attached hydrogens (primary N) is 1. The van der Waals surface area contributed by atoms with Gasteiger partial charge in [-0.05, 0) is 68.5 Å². The van der Waals surface area contributed by atoms with Gasteiger partial charge in [-0.15, -0.1) is 11.3 Å². The van der Waals surface area contributed by atoms with Gasteiger partial charge in [-0.25, -0.2) is 4.79 Å². The van der Waals surface area contributed by atoms with Crippen molar-refractivity contribution in [2.75, 3.05) is 38.1 Å². The lowest BCUT2D eigenvalue weighted by Crippen LogP contribution is -3.12. The molecule has 8 nitrogen and oxygen atoms in total. The van der Waals surface area contributed by atoms with E-state index in [9.17, 15) is 14.4 Å². The van der Waals surface area contributed by atoms with Crippen LogP contribution in [-0.4, -0.2) is 50.6 Å². The molecular weight excluding hydrogens is 476 g/mol. The van der Waals surface area contributed by atoms with Crippen LogP contribution in [0.2, 0.25) is 0 Å². The third-order valence-electron chi connectivity index (χ3n) is 5.86. The van der Waals surface area contributed by atoms with E-state index in [1.165, 1.54) is 48.8 Å². The van der Waals surface area contributed by atoms with Gasteiger partial charge >= 0.3 is 5.97 Å². The number of aryl methyl sites for hydroxylation is 1. The van der Waals surface area contributed by atoms with E-state index in [-0.39, 0.29) is 17.8 Å². The van der Waals surface area contributed by atoms with Crippen molar-refractivity contribution in [2.45, 2.75) is 58.9 Å². The molecule has 0 radical (unpaired) electrons. The van der Waals surface area contributed by atoms with Gasteiger partial charge in [0.05, 0.1) is 25.4 Å². The summed E-state index contributed by atoms with van der Waals surface area (Å²) < 4.78 is 5.29. The van der Waals surface area contributed by atoms with Crippen molar-refractivity contribution in [2.24, 2.45) is 5.73 Å². The minimum atomic E-state index is -0.368. The first-order valence-corrected chi connectivity index (χ1v) is 13.7. The number of carbonyl (C=O) groups excluding carboxylic acids is 3. The molecule has 5 N–H and O–H groups in total. The first-order chi connectivity index (χ1) is 17.4. The number of nitrogens with one attached hydrogen (secondary N) is 3. The Bertz CT molecular complexity index is 941. The molecule has 0 saturated carbocycles. The van der Waals surface area contributed by atoms with Crippen molar-refractivity contribution < 1.29 is 24.0 Å². The van der Waals surface area contributed by atoms with Crippen molar-refractivity contribution in [3.63, 3.8) is 0 Å². The highest BCUT2D eigenvalue weighted by Crippen LogP contribution is 2.28. The van der Waals surface area contributed by atoms with Crippen molar-refractivity contribution in [1.29, 1.82) is 0 Å². The van der Waals surface area contributed by atoms with Crippen LogP contribution in [0.1, 0.15) is 66.2 Å². The number of rotatable bonds is 10. The summed E-state index contributed by atoms with van der Waals surface area (Å²) in [6.45, 7) is 7.54. The summed E-state index contributed by atoms with van der Waals surface area (Å²) in [7, 11) is 0. The van der Waals surface area contributed by atoms with Gasteiger partial charge < -0.3 is 26.0 Å². The van der Waals surface area contributed by atoms with Crippen LogP contribution in [-0.2, 0) is 20.9 Å². The number of hydrogen-bond acceptors (Lipinski definition) is 6. The highest BCUT2D eigenvalue weighted by Gasteiger charge is 2.22. The number of anilines is 1. The van der Waals surface area contributed by atoms with Gasteiger partial charge in [-0.1, -0.05) is 30.3 Å². The molecule has 0 bridgehead atoms. The summed E-state index contributed by atoms with van der Waals surface area (Å²) in [5, 5.41) is 7.54. The Kier molecular flexibility index (Phi) is 13.8. The maximum atomic E-state index is 12.4. The van der Waals surface area contributed by atoms with E-state index in [0.29, 0.717) is 36.8 Å². The smallest absolute Gasteiger partial charge is 0.350 e. The van der Waals surface area contributed by atoms with Gasteiger partial charge in [-0.2, -0.15) is 0 Å². The summed E-state index contributed by atoms with van der Waals surface area (Å²) in [6, 6.07) is 9.83. The molecule has 2 heterocycles. The summed E-state index contributed by atoms with van der Waals surface area (Å²) in [5.74, 6) is -0.392. The molecule has 0 spiro atoms. The number of quaternary nitrogens is 1. The number of carbonyl (C=O) groups is 3. The van der Waals surface area contributed by atoms with Gasteiger partial charge in [0.15, 0.2) is 6.54 Å². The number of benzene rings is 1. The zero-order valence-electron chi connectivity index (χ0n) is 21.6. The third kappa shape index (κ3) is 11.3. The molecule has 3 rings (SSSR count). The van der Waals surface area contributed by atoms with Crippen molar-refractivity contribution in [3.05, 3.63) is 51.7 Å². The first-order valence-electron chi connectivity index (χ1n) is 12.8. The second-order valence-electron chi connectivity index (χ2n) is 9.04. The maximum absolute atomic E-state index is 12.4. The Morgan fingerprint density at radius 2 is 1.75 bits per heavy atom. The van der Waals surface area contributed by atoms with Crippen LogP contribution in [0.15, 0.2) is 35.7 Å². The number of thiophene rings is 1. The average Bonchev–Trinajstić information content (AvgIpc) is 3.05. The van der Waals surface area contributed by atoms with Gasteiger partial charge in [-0.3, -0.25) is 9.59 Å². The van der Waals surface area contributed by atoms with E-state index in [4.69, 9.17) is 10.5 Å². The molecule has 1 aliphatic heterocycles. The Labute approximate surface area is 218 Å². The minimum absolute atomic E-state index is 0.00820. The summed E-state index contributed by atoms with van der Waals surface area (Å²) in [4.78, 5) is 37.0. The lowest BCUT2D eigenvalue weighted by atomic mass is 10.2. The van der Waals surface area contributed by atoms with Crippen molar-refractivity contribution >= 4 is 34.8 Å². The second kappa shape index (κ2) is 16.8. The lowest BCUT2D eigenvalue weighted by molar-refractivity contribution is -0.890. The van der Waals surface area contributed by atoms with Crippen LogP contribution in [0.25, 0.3) is 0 Å². The van der Waals surface area contributed by atoms with Crippen LogP contribution < -0.4 is 21.3 Å². The van der Waals surface area contributed by atoms with Crippen molar-refractivity contribution in [1.82, 2.24) is 5.32 Å². The number of likely N-dealkylation sites (tertiary alicyclic amines) is 1. The van der Waals surface area contributed by atoms with E-state index in [1.54, 1.807) is 0 Å². The van der Waals surface area contributed by atoms with Crippen LogP contribution >= 0.6 is 11.3 Å². The Morgan fingerprint density at radius 3 is 2.39 bits per heavy atom. The number of esters is 1. The third-order valence-corrected chi connectivity index (χ3v) is 6.94. The molecular formula is C27H41N4O4S+. The molecule has 1 saturated heterocycles. The fourth-order valence-electron chi connectivity index (χ4n) is 3.86. The van der Waals surface area contributed by atoms with Gasteiger partial charge in [0.1, 0.15) is 4.88 Å². The first kappa shape index (κ1) is 29.5. The van der Waals surface area contributed by atoms with Crippen LogP contribution in [0.3, 0.4) is 0 Å².